The average Bonchev–Trinajstić information content (AvgIpc) is 3.08. The van der Waals surface area contributed by atoms with Crippen molar-refractivity contribution in [3.05, 3.63) is 64.4 Å². The lowest BCUT2D eigenvalue weighted by Crippen LogP contribution is -2.33. The number of amides is 1. The fourth-order valence-electron chi connectivity index (χ4n) is 2.51. The Morgan fingerprint density at radius 1 is 1.36 bits per heavy atom. The summed E-state index contributed by atoms with van der Waals surface area (Å²) in [6.45, 7) is 1.04. The van der Waals surface area contributed by atoms with Gasteiger partial charge in [0.05, 0.1) is 19.2 Å². The predicted molar refractivity (Wildman–Crippen MR) is 99.0 cm³/mol. The third-order valence-corrected chi connectivity index (χ3v) is 5.02. The second-order valence-corrected chi connectivity index (χ2v) is 6.76. The smallest absolute Gasteiger partial charge is 0.263 e. The van der Waals surface area contributed by atoms with Crippen LogP contribution < -0.4 is 4.74 Å². The van der Waals surface area contributed by atoms with Crippen LogP contribution in [0.1, 0.15) is 15.9 Å². The van der Waals surface area contributed by atoms with Crippen LogP contribution in [0, 0.1) is 5.82 Å². The first-order chi connectivity index (χ1) is 12.1. The molecule has 3 rings (SSSR count). The van der Waals surface area contributed by atoms with E-state index in [1.165, 1.54) is 31.0 Å². The monoisotopic (exact) mass is 378 g/mol. The molecule has 2 aromatic carbocycles. The van der Waals surface area contributed by atoms with Crippen LogP contribution in [0.3, 0.4) is 0 Å². The minimum atomic E-state index is -0.275. The summed E-state index contributed by atoms with van der Waals surface area (Å²) in [6, 6.07) is 11.3. The topological polar surface area (TPSA) is 41.9 Å². The van der Waals surface area contributed by atoms with Crippen molar-refractivity contribution in [2.75, 3.05) is 20.2 Å². The maximum atomic E-state index is 13.3. The molecule has 130 valence electrons. The Labute approximate surface area is 154 Å². The van der Waals surface area contributed by atoms with Crippen LogP contribution in [0.4, 0.5) is 4.39 Å². The van der Waals surface area contributed by atoms with Crippen molar-refractivity contribution in [2.45, 2.75) is 5.75 Å². The van der Waals surface area contributed by atoms with Gasteiger partial charge < -0.3 is 4.74 Å². The molecule has 0 fully saturated rings. The molecule has 1 heterocycles. The summed E-state index contributed by atoms with van der Waals surface area (Å²) in [6.07, 6.45) is 0. The summed E-state index contributed by atoms with van der Waals surface area (Å²) in [5.74, 6) is 0.522. The summed E-state index contributed by atoms with van der Waals surface area (Å²) in [4.78, 5) is 18.9. The predicted octanol–water partition coefficient (Wildman–Crippen LogP) is 4.23. The molecule has 0 saturated heterocycles. The molecule has 0 bridgehead atoms. The third-order valence-electron chi connectivity index (χ3n) is 3.70. The van der Waals surface area contributed by atoms with Crippen molar-refractivity contribution >= 4 is 34.4 Å². The molecule has 25 heavy (non-hydrogen) atoms. The molecular weight excluding hydrogens is 363 g/mol. The molecule has 0 spiro atoms. The summed E-state index contributed by atoms with van der Waals surface area (Å²) < 4.78 is 18.5. The molecule has 0 N–H and O–H groups in total. The van der Waals surface area contributed by atoms with E-state index in [9.17, 15) is 9.18 Å². The first-order valence-corrected chi connectivity index (χ1v) is 9.02. The second-order valence-electron chi connectivity index (χ2n) is 5.38. The Morgan fingerprint density at radius 2 is 2.20 bits per heavy atom. The van der Waals surface area contributed by atoms with E-state index in [-0.39, 0.29) is 11.7 Å². The number of nitrogens with zero attached hydrogens (tertiary/aromatic N) is 2. The standard InChI is InChI=1S/C18H16ClFN2O2S/c1-24-16-6-5-13(19)10-15(16)17(23)22-8-7-21-18(22)25-11-12-3-2-4-14(20)9-12/h2-6,9-10H,7-8,11H2,1H3. The van der Waals surface area contributed by atoms with E-state index in [0.29, 0.717) is 40.3 Å². The van der Waals surface area contributed by atoms with Gasteiger partial charge in [-0.1, -0.05) is 35.5 Å². The number of ether oxygens (including phenoxy) is 1. The highest BCUT2D eigenvalue weighted by molar-refractivity contribution is 8.13. The van der Waals surface area contributed by atoms with Crippen molar-refractivity contribution in [3.63, 3.8) is 0 Å². The lowest BCUT2D eigenvalue weighted by molar-refractivity contribution is 0.0857. The first-order valence-electron chi connectivity index (χ1n) is 7.65. The van der Waals surface area contributed by atoms with Crippen LogP contribution >= 0.6 is 23.4 Å². The average molecular weight is 379 g/mol. The fraction of sp³-hybridized carbons (Fsp3) is 0.222. The zero-order valence-corrected chi connectivity index (χ0v) is 15.1. The number of thioether (sulfide) groups is 1. The molecule has 1 amide bonds. The van der Waals surface area contributed by atoms with Crippen molar-refractivity contribution < 1.29 is 13.9 Å². The minimum absolute atomic E-state index is 0.206. The van der Waals surface area contributed by atoms with Crippen molar-refractivity contribution in [2.24, 2.45) is 4.99 Å². The van der Waals surface area contributed by atoms with Gasteiger partial charge in [0, 0.05) is 17.3 Å². The number of hydrogen-bond donors (Lipinski definition) is 0. The number of carbonyl (C=O) groups excluding carboxylic acids is 1. The van der Waals surface area contributed by atoms with Crippen molar-refractivity contribution in [1.29, 1.82) is 0 Å². The Morgan fingerprint density at radius 3 is 2.96 bits per heavy atom. The quantitative estimate of drug-likeness (QED) is 0.799. The number of methoxy groups -OCH3 is 1. The molecule has 1 aliphatic heterocycles. The summed E-state index contributed by atoms with van der Waals surface area (Å²) >= 11 is 7.43. The number of benzene rings is 2. The van der Waals surface area contributed by atoms with E-state index >= 15 is 0 Å². The lowest BCUT2D eigenvalue weighted by Gasteiger charge is -2.19. The molecule has 1 aliphatic rings. The van der Waals surface area contributed by atoms with Gasteiger partial charge in [-0.15, -0.1) is 0 Å². The molecule has 4 nitrogen and oxygen atoms in total. The lowest BCUT2D eigenvalue weighted by atomic mass is 10.2. The number of amidine groups is 1. The van der Waals surface area contributed by atoms with Crippen LogP contribution in [0.5, 0.6) is 5.75 Å². The Balaban J connectivity index is 1.75. The Kier molecular flexibility index (Phi) is 5.60. The molecule has 2 aromatic rings. The molecule has 0 saturated carbocycles. The maximum absolute atomic E-state index is 13.3. The third kappa shape index (κ3) is 4.14. The van der Waals surface area contributed by atoms with Gasteiger partial charge in [-0.25, -0.2) is 4.39 Å². The molecule has 7 heteroatoms. The van der Waals surface area contributed by atoms with Gasteiger partial charge in [-0.3, -0.25) is 14.7 Å². The van der Waals surface area contributed by atoms with Crippen LogP contribution in [-0.4, -0.2) is 36.2 Å². The fourth-order valence-corrected chi connectivity index (χ4v) is 3.67. The molecule has 0 unspecified atom stereocenters. The Bertz CT molecular complexity index is 828. The van der Waals surface area contributed by atoms with Gasteiger partial charge in [0.1, 0.15) is 11.6 Å². The SMILES string of the molecule is COc1ccc(Cl)cc1C(=O)N1CCN=C1SCc1cccc(F)c1. The molecule has 0 atom stereocenters. The maximum Gasteiger partial charge on any atom is 0.263 e. The molecule has 0 aromatic heterocycles. The van der Waals surface area contributed by atoms with E-state index < -0.39 is 0 Å². The molecular formula is C18H16ClFN2O2S. The van der Waals surface area contributed by atoms with Gasteiger partial charge in [0.25, 0.3) is 5.91 Å². The van der Waals surface area contributed by atoms with E-state index in [4.69, 9.17) is 16.3 Å². The number of aliphatic imine (C=N–C) groups is 1. The van der Waals surface area contributed by atoms with Gasteiger partial charge in [0.15, 0.2) is 5.17 Å². The summed E-state index contributed by atoms with van der Waals surface area (Å²) in [5.41, 5.74) is 1.24. The van der Waals surface area contributed by atoms with Gasteiger partial charge in [-0.2, -0.15) is 0 Å². The van der Waals surface area contributed by atoms with Gasteiger partial charge >= 0.3 is 0 Å². The van der Waals surface area contributed by atoms with Gasteiger partial charge in [-0.05, 0) is 35.9 Å². The van der Waals surface area contributed by atoms with Crippen molar-refractivity contribution in [1.82, 2.24) is 4.90 Å². The zero-order chi connectivity index (χ0) is 17.8. The zero-order valence-electron chi connectivity index (χ0n) is 13.5. The van der Waals surface area contributed by atoms with E-state index in [1.807, 2.05) is 6.07 Å². The van der Waals surface area contributed by atoms with Gasteiger partial charge in [0.2, 0.25) is 0 Å². The Hall–Kier alpha value is -2.05. The van der Waals surface area contributed by atoms with E-state index in [2.05, 4.69) is 4.99 Å². The number of halogens is 2. The van der Waals surface area contributed by atoms with Crippen LogP contribution in [0.2, 0.25) is 5.02 Å². The number of carbonyl (C=O) groups is 1. The highest BCUT2D eigenvalue weighted by Gasteiger charge is 2.27. The summed E-state index contributed by atoms with van der Waals surface area (Å²) in [7, 11) is 1.51. The normalized spacial score (nSPS) is 13.7. The van der Waals surface area contributed by atoms with E-state index in [1.54, 1.807) is 29.2 Å². The highest BCUT2D eigenvalue weighted by atomic mass is 35.5. The highest BCUT2D eigenvalue weighted by Crippen LogP contribution is 2.27. The largest absolute Gasteiger partial charge is 0.496 e. The summed E-state index contributed by atoms with van der Waals surface area (Å²) in [5, 5.41) is 1.09. The van der Waals surface area contributed by atoms with E-state index in [0.717, 1.165) is 5.56 Å². The minimum Gasteiger partial charge on any atom is -0.496 e. The number of hydrogen-bond acceptors (Lipinski definition) is 4. The second kappa shape index (κ2) is 7.89. The van der Waals surface area contributed by atoms with Crippen molar-refractivity contribution in [3.8, 4) is 5.75 Å². The van der Waals surface area contributed by atoms with Crippen LogP contribution in [0.25, 0.3) is 0 Å². The van der Waals surface area contributed by atoms with Crippen LogP contribution in [0.15, 0.2) is 47.5 Å². The first kappa shape index (κ1) is 17.8. The van der Waals surface area contributed by atoms with Crippen LogP contribution in [-0.2, 0) is 5.75 Å². The molecule has 0 radical (unpaired) electrons. The molecule has 0 aliphatic carbocycles. The number of rotatable bonds is 4.